The molecule has 700 valence electrons. The Balaban J connectivity index is 0.620. The summed E-state index contributed by atoms with van der Waals surface area (Å²) in [5.41, 5.74) is 16.0. The zero-order valence-electron chi connectivity index (χ0n) is 73.2. The average molecular weight is 1840 g/mol. The Morgan fingerprint density at radius 1 is 0.608 bits per heavy atom. The van der Waals surface area contributed by atoms with Gasteiger partial charge in [0.25, 0.3) is 11.8 Å². The summed E-state index contributed by atoms with van der Waals surface area (Å²) in [5, 5.41) is 56.2. The van der Waals surface area contributed by atoms with E-state index < -0.39 is 163 Å². The van der Waals surface area contributed by atoms with Gasteiger partial charge in [-0.1, -0.05) is 132 Å². The number of urea groups is 1. The van der Waals surface area contributed by atoms with Crippen LogP contribution in [-0.2, 0) is 111 Å². The lowest BCUT2D eigenvalue weighted by molar-refractivity contribution is -0.266. The number of nitrogens with zero attached hydrogens (tertiary/aromatic N) is 3. The van der Waals surface area contributed by atoms with E-state index in [4.69, 9.17) is 45.3 Å². The number of aliphatic hydroxyl groups is 1. The van der Waals surface area contributed by atoms with E-state index in [9.17, 15) is 72.2 Å². The molecule has 15 amide bonds. The van der Waals surface area contributed by atoms with Crippen LogP contribution in [0.4, 0.5) is 4.79 Å². The van der Waals surface area contributed by atoms with Crippen molar-refractivity contribution in [1.29, 1.82) is 5.41 Å². The van der Waals surface area contributed by atoms with Gasteiger partial charge in [0, 0.05) is 119 Å². The van der Waals surface area contributed by atoms with Crippen molar-refractivity contribution >= 4 is 154 Å². The average Bonchev–Trinajstić information content (AvgIpc) is 1.50. The van der Waals surface area contributed by atoms with Crippen LogP contribution in [0.15, 0.2) is 109 Å². The first kappa shape index (κ1) is 98.6. The number of methoxy groups -OCH3 is 1. The summed E-state index contributed by atoms with van der Waals surface area (Å²) < 4.78 is 40.5. The van der Waals surface area contributed by atoms with Crippen molar-refractivity contribution in [3.05, 3.63) is 131 Å². The highest BCUT2D eigenvalue weighted by molar-refractivity contribution is 8.76. The van der Waals surface area contributed by atoms with Crippen molar-refractivity contribution in [2.75, 3.05) is 105 Å². The summed E-state index contributed by atoms with van der Waals surface area (Å²) in [4.78, 5) is 196. The number of nitrogens with two attached hydrogens (primary N) is 2. The van der Waals surface area contributed by atoms with Gasteiger partial charge in [0.1, 0.15) is 67.8 Å². The van der Waals surface area contributed by atoms with Crippen LogP contribution >= 0.6 is 21.6 Å². The van der Waals surface area contributed by atoms with Crippen molar-refractivity contribution in [3.63, 3.8) is 0 Å². The van der Waals surface area contributed by atoms with Gasteiger partial charge in [-0.25, -0.2) is 4.79 Å². The Morgan fingerprint density at radius 3 is 1.78 bits per heavy atom. The van der Waals surface area contributed by atoms with E-state index in [0.717, 1.165) is 70.8 Å². The van der Waals surface area contributed by atoms with Gasteiger partial charge in [-0.05, 0) is 74.3 Å². The molecule has 5 aromatic carbocycles. The number of aromatic nitrogens is 2. The number of likely N-dealkylation sites (N-methyl/N-ethyl adjacent to an activating group) is 1. The van der Waals surface area contributed by atoms with Crippen molar-refractivity contribution in [2.24, 2.45) is 17.4 Å². The first-order valence-corrected chi connectivity index (χ1v) is 45.6. The van der Waals surface area contributed by atoms with Gasteiger partial charge in [-0.3, -0.25) is 73.1 Å². The van der Waals surface area contributed by atoms with E-state index in [-0.39, 0.29) is 120 Å². The number of hydrogen-bond donors (Lipinski definition) is 17. The van der Waals surface area contributed by atoms with Crippen LogP contribution in [0.5, 0.6) is 0 Å². The monoisotopic (exact) mass is 1840 g/mol. The molecule has 0 unspecified atom stereocenters. The Morgan fingerprint density at radius 2 is 1.16 bits per heavy atom. The number of nitrogens with one attached hydrogen (secondary N) is 14. The molecule has 11 rings (SSSR count). The van der Waals surface area contributed by atoms with E-state index >= 15 is 0 Å². The molecule has 12 atom stereocenters. The molecule has 2 saturated heterocycles. The van der Waals surface area contributed by atoms with Crippen LogP contribution in [-0.4, -0.2) is 273 Å². The number of rotatable bonds is 37. The number of hydrogen-bond acceptors (Lipinski definition) is 24. The third-order valence-corrected chi connectivity index (χ3v) is 25.1. The summed E-state index contributed by atoms with van der Waals surface area (Å²) in [5.74, 6) is -11.8. The molecule has 6 heterocycles. The largest absolute Gasteiger partial charge is 0.391 e. The Hall–Kier alpha value is -12.0. The molecule has 0 saturated carbocycles. The van der Waals surface area contributed by atoms with Crippen molar-refractivity contribution in [2.45, 2.75) is 165 Å². The lowest BCUT2D eigenvalue weighted by Gasteiger charge is -2.50. The number of carbonyl (C=O) groups excluding carboxylic acids is 14. The number of ether oxygens (including phenoxy) is 6. The molecule has 2 aromatic heterocycles. The van der Waals surface area contributed by atoms with Crippen LogP contribution in [0.1, 0.15) is 106 Å². The maximum atomic E-state index is 14.7. The minimum absolute atomic E-state index is 0.0374. The number of fused-ring (bicyclic) bond motifs is 13. The molecule has 19 N–H and O–H groups in total. The number of carbonyl (C=O) groups is 14. The van der Waals surface area contributed by atoms with E-state index in [1.54, 1.807) is 93.6 Å². The van der Waals surface area contributed by atoms with Crippen molar-refractivity contribution in [3.8, 4) is 0 Å². The molecule has 40 nitrogen and oxygen atoms in total. The number of para-hydroxylation sites is 2. The van der Waals surface area contributed by atoms with E-state index in [1.807, 2.05) is 43.3 Å². The third kappa shape index (κ3) is 25.3. The molecule has 0 aliphatic carbocycles. The highest BCUT2D eigenvalue weighted by atomic mass is 33.1. The Bertz CT molecular complexity index is 5280. The summed E-state index contributed by atoms with van der Waals surface area (Å²) in [7, 11) is 5.10. The van der Waals surface area contributed by atoms with Gasteiger partial charge in [0.05, 0.1) is 72.7 Å². The number of benzene rings is 5. The number of aliphatic hydroxyl groups excluding tert-OH is 1. The first-order chi connectivity index (χ1) is 62.5. The zero-order valence-corrected chi connectivity index (χ0v) is 74.8. The minimum Gasteiger partial charge on any atom is -0.391 e. The number of guanidine groups is 1. The summed E-state index contributed by atoms with van der Waals surface area (Å²) in [6.45, 7) is 6.84. The quantitative estimate of drug-likeness (QED) is 0.0108. The van der Waals surface area contributed by atoms with Gasteiger partial charge in [0.2, 0.25) is 65.0 Å². The normalized spacial score (nSPS) is 22.1. The molecule has 42 heteroatoms. The maximum absolute atomic E-state index is 14.7. The Labute approximate surface area is 757 Å². The van der Waals surface area contributed by atoms with Crippen molar-refractivity contribution < 1.29 is 101 Å². The lowest BCUT2D eigenvalue weighted by atomic mass is 9.91. The van der Waals surface area contributed by atoms with Crippen LogP contribution in [0.2, 0.25) is 0 Å². The molecular weight excluding hydrogens is 1720 g/mol. The van der Waals surface area contributed by atoms with Crippen LogP contribution < -0.4 is 80.6 Å². The highest BCUT2D eigenvalue weighted by Crippen LogP contribution is 2.54. The summed E-state index contributed by atoms with van der Waals surface area (Å²) in [6.07, 6.45) is -2.19. The molecule has 4 aliphatic rings. The Kier molecular flexibility index (Phi) is 35.6. The van der Waals surface area contributed by atoms with Crippen LogP contribution in [0.3, 0.4) is 0 Å². The molecule has 4 aliphatic heterocycles. The smallest absolute Gasteiger partial charge is 0.322 e. The molecule has 0 radical (unpaired) electrons. The first-order valence-electron chi connectivity index (χ1n) is 43.1. The summed E-state index contributed by atoms with van der Waals surface area (Å²) in [6, 6.07) is 20.2. The maximum Gasteiger partial charge on any atom is 0.322 e. The molecule has 130 heavy (non-hydrogen) atoms. The second-order valence-electron chi connectivity index (χ2n) is 32.4. The second-order valence-corrected chi connectivity index (χ2v) is 35.0. The molecular formula is C88H115N19O21S2. The van der Waals surface area contributed by atoms with E-state index in [0.29, 0.717) is 55.6 Å². The predicted octanol–water partition coefficient (Wildman–Crippen LogP) is 0.337. The molecule has 2 fully saturated rings. The van der Waals surface area contributed by atoms with E-state index in [1.165, 1.54) is 6.92 Å². The fourth-order valence-electron chi connectivity index (χ4n) is 16.4. The number of imide groups is 1. The topological polar surface area (TPSA) is 560 Å². The van der Waals surface area contributed by atoms with E-state index in [2.05, 4.69) is 90.4 Å². The molecule has 0 spiro atoms. The summed E-state index contributed by atoms with van der Waals surface area (Å²) >= 11 is 0. The zero-order chi connectivity index (χ0) is 93.3. The number of amides is 15. The van der Waals surface area contributed by atoms with Crippen molar-refractivity contribution in [1.82, 2.24) is 83.2 Å². The van der Waals surface area contributed by atoms with Gasteiger partial charge in [-0.15, -0.1) is 0 Å². The third-order valence-electron chi connectivity index (χ3n) is 22.7. The standard InChI is InChI=1S/C88H115N19O21S2/c1-49(2)73-84(120)99-58(41-52-22-11-8-12-23-52)81(117)104-87(122)101-59(78(114)96-44-64(89)109)47-129-130-48-60(82(118)103-74(50(3)108)85(121)100-57(40-51-20-9-7-10-21-51)80(116)98-56(79(115)102-73)26-17-31-94-86(90)91)97-67(112)46-127-45-66(111)93-33-19-35-125-37-39-126-38-36-124-34-18-32-92-65(110)29-30-68(113)105(5)63-42-69-106-61-27-15-13-24-53(61)71-72-55(43-95-83(72)119)70-54-25-14-16-28-62(54)107(76(70)75(71)106)88(4,128-69)77(63)123-6/h7-16,20-25,27-28,49-50,56-60,63,69,73-74,77,108H,17-19,26,29-48H2,1-6H3,(H2,89,109)(H,92,110)(H,93,111)(H,95,119)(H,96,114)(H,97,112)(H,98,116)(H,99,120)(H,100,121)(H,102,115)(H,103,118)(H4,90,91,94)(H2,101,104,117,122)/t50-,56+,57+,58+,59+,60+,63-,69-,73+,74+,77-,88+/m1/s1. The van der Waals surface area contributed by atoms with Gasteiger partial charge < -0.3 is 123 Å². The van der Waals surface area contributed by atoms with Gasteiger partial charge >= 0.3 is 6.03 Å². The SMILES string of the molecule is CO[C@@H]1[C@H](N(C)C(=O)CCC(=O)NCCCOCCOCCOCCCNC(=O)COCC(=O)N[C@H]2CSSC[C@@H](C(=O)NCC(N)=O)NC(=O)NC(=O)[C@H](Cc3ccccc3)NC(=O)[C@H](C(C)C)NC(=O)[C@H](CCCNC(=N)N)NC(=O)[C@H](Cc3ccccc3)NC(=O)[C@H]([C@@H](C)O)NC2=O)C[C@H]2O[C@]1(C)n1c3ccccc3c3c4c(c5c6ccccc6n2c5c31)C(=O)NC4. The minimum atomic E-state index is -1.84. The predicted molar refractivity (Wildman–Crippen MR) is 482 cm³/mol. The van der Waals surface area contributed by atoms with Gasteiger partial charge in [0.15, 0.2) is 11.7 Å². The second kappa shape index (κ2) is 47.0. The highest BCUT2D eigenvalue weighted by Gasteiger charge is 2.55. The number of primary amides is 1. The fraction of sp³-hybridized carbons (Fsp3) is 0.489. The fourth-order valence-corrected chi connectivity index (χ4v) is 18.7. The van der Waals surface area contributed by atoms with Gasteiger partial charge in [-0.2, -0.15) is 0 Å². The molecule has 2 bridgehead atoms. The van der Waals surface area contributed by atoms with Crippen LogP contribution in [0, 0.1) is 11.3 Å². The lowest BCUT2D eigenvalue weighted by Crippen LogP contribution is -2.62. The molecule has 7 aromatic rings. The van der Waals surface area contributed by atoms with Crippen LogP contribution in [0.25, 0.3) is 43.6 Å².